The number of phenols is 1. The Kier molecular flexibility index (Phi) is 3.71. The van der Waals surface area contributed by atoms with Gasteiger partial charge in [0.1, 0.15) is 12.4 Å². The molecule has 0 bridgehead atoms. The lowest BCUT2D eigenvalue weighted by Gasteiger charge is -2.10. The van der Waals surface area contributed by atoms with E-state index in [-0.39, 0.29) is 15.8 Å². The average molecular weight is 270 g/mol. The predicted octanol–water partition coefficient (Wildman–Crippen LogP) is 3.67. The second-order valence-corrected chi connectivity index (χ2v) is 4.20. The van der Waals surface area contributed by atoms with Crippen LogP contribution in [0.4, 0.5) is 0 Å². The molecule has 5 heteroatoms. The monoisotopic (exact) mass is 269 g/mol. The highest BCUT2D eigenvalue weighted by Crippen LogP contribution is 2.36. The van der Waals surface area contributed by atoms with E-state index in [0.717, 1.165) is 5.56 Å². The molecule has 3 nitrogen and oxygen atoms in total. The first-order chi connectivity index (χ1) is 8.16. The van der Waals surface area contributed by atoms with Crippen LogP contribution < -0.4 is 4.74 Å². The normalized spacial score (nSPS) is 10.2. The first kappa shape index (κ1) is 12.0. The smallest absolute Gasteiger partial charge is 0.157 e. The van der Waals surface area contributed by atoms with E-state index in [1.54, 1.807) is 12.4 Å². The summed E-state index contributed by atoms with van der Waals surface area (Å²) in [7, 11) is 0. The van der Waals surface area contributed by atoms with Gasteiger partial charge in [0, 0.05) is 30.1 Å². The summed E-state index contributed by atoms with van der Waals surface area (Å²) in [5, 5.41) is 9.82. The molecule has 0 aliphatic carbocycles. The SMILES string of the molecule is Oc1cc(Cl)c(OCc2cccnc2)c(Cl)c1. The van der Waals surface area contributed by atoms with E-state index in [9.17, 15) is 5.11 Å². The van der Waals surface area contributed by atoms with Gasteiger partial charge in [-0.2, -0.15) is 0 Å². The maximum absolute atomic E-state index is 9.27. The third kappa shape index (κ3) is 3.02. The minimum atomic E-state index is 0.00808. The first-order valence-electron chi connectivity index (χ1n) is 4.86. The second-order valence-electron chi connectivity index (χ2n) is 3.39. The molecule has 2 aromatic rings. The number of hydrogen-bond acceptors (Lipinski definition) is 3. The van der Waals surface area contributed by atoms with Gasteiger partial charge in [-0.1, -0.05) is 29.3 Å². The van der Waals surface area contributed by atoms with Gasteiger partial charge < -0.3 is 9.84 Å². The van der Waals surface area contributed by atoms with E-state index in [2.05, 4.69) is 4.98 Å². The molecule has 17 heavy (non-hydrogen) atoms. The molecule has 0 saturated carbocycles. The highest BCUT2D eigenvalue weighted by molar-refractivity contribution is 6.37. The molecule has 0 amide bonds. The van der Waals surface area contributed by atoms with Crippen molar-refractivity contribution in [3.8, 4) is 11.5 Å². The fraction of sp³-hybridized carbons (Fsp3) is 0.0833. The van der Waals surface area contributed by atoms with E-state index in [1.807, 2.05) is 12.1 Å². The Bertz CT molecular complexity index is 494. The number of nitrogens with zero attached hydrogens (tertiary/aromatic N) is 1. The topological polar surface area (TPSA) is 42.4 Å². The summed E-state index contributed by atoms with van der Waals surface area (Å²) >= 11 is 11.8. The quantitative estimate of drug-likeness (QED) is 0.925. The van der Waals surface area contributed by atoms with Gasteiger partial charge in [0.25, 0.3) is 0 Å². The molecule has 88 valence electrons. The van der Waals surface area contributed by atoms with Gasteiger partial charge in [0.15, 0.2) is 5.75 Å². The maximum atomic E-state index is 9.27. The van der Waals surface area contributed by atoms with Crippen LogP contribution in [0, 0.1) is 0 Å². The fourth-order valence-corrected chi connectivity index (χ4v) is 1.91. The Morgan fingerprint density at radius 2 is 1.94 bits per heavy atom. The summed E-state index contributed by atoms with van der Waals surface area (Å²) in [5.41, 5.74) is 0.910. The highest BCUT2D eigenvalue weighted by Gasteiger charge is 2.09. The number of pyridine rings is 1. The van der Waals surface area contributed by atoms with Crippen LogP contribution in [0.15, 0.2) is 36.7 Å². The number of benzene rings is 1. The van der Waals surface area contributed by atoms with Crippen LogP contribution in [-0.4, -0.2) is 10.1 Å². The van der Waals surface area contributed by atoms with Gasteiger partial charge in [-0.25, -0.2) is 0 Å². The van der Waals surface area contributed by atoms with Gasteiger partial charge in [0.2, 0.25) is 0 Å². The summed E-state index contributed by atoms with van der Waals surface area (Å²) in [6.45, 7) is 0.318. The zero-order chi connectivity index (χ0) is 12.3. The van der Waals surface area contributed by atoms with Gasteiger partial charge in [0.05, 0.1) is 10.0 Å². The van der Waals surface area contributed by atoms with E-state index in [1.165, 1.54) is 12.1 Å². The Balaban J connectivity index is 2.15. The molecule has 0 atom stereocenters. The van der Waals surface area contributed by atoms with Crippen LogP contribution in [0.5, 0.6) is 11.5 Å². The van der Waals surface area contributed by atoms with E-state index < -0.39 is 0 Å². The lowest BCUT2D eigenvalue weighted by atomic mass is 10.3. The molecular formula is C12H9Cl2NO2. The van der Waals surface area contributed by atoms with Crippen molar-refractivity contribution in [1.82, 2.24) is 4.98 Å². The lowest BCUT2D eigenvalue weighted by Crippen LogP contribution is -1.96. The Labute approximate surface area is 109 Å². The Hall–Kier alpha value is -1.45. The van der Waals surface area contributed by atoms with Crippen molar-refractivity contribution < 1.29 is 9.84 Å². The third-order valence-corrected chi connectivity index (χ3v) is 2.65. The lowest BCUT2D eigenvalue weighted by molar-refractivity contribution is 0.305. The molecule has 2 rings (SSSR count). The van der Waals surface area contributed by atoms with Crippen LogP contribution >= 0.6 is 23.2 Å². The number of phenolic OH excluding ortho intramolecular Hbond substituents is 1. The number of ether oxygens (including phenoxy) is 1. The summed E-state index contributed by atoms with van der Waals surface area (Å²) in [5.74, 6) is 0.365. The molecule has 1 N–H and O–H groups in total. The van der Waals surface area contributed by atoms with Crippen molar-refractivity contribution >= 4 is 23.2 Å². The molecule has 0 aliphatic heterocycles. The van der Waals surface area contributed by atoms with Crippen LogP contribution in [0.2, 0.25) is 10.0 Å². The van der Waals surface area contributed by atoms with Crippen LogP contribution in [0.25, 0.3) is 0 Å². The molecule has 0 aliphatic rings. The molecule has 0 radical (unpaired) electrons. The molecule has 0 unspecified atom stereocenters. The van der Waals surface area contributed by atoms with Crippen LogP contribution in [0.1, 0.15) is 5.56 Å². The second kappa shape index (κ2) is 5.25. The summed E-state index contributed by atoms with van der Waals surface area (Å²) in [4.78, 5) is 3.97. The number of halogens is 2. The Morgan fingerprint density at radius 3 is 2.53 bits per heavy atom. The van der Waals surface area contributed by atoms with E-state index >= 15 is 0 Å². The predicted molar refractivity (Wildman–Crippen MR) is 66.7 cm³/mol. The standard InChI is InChI=1S/C12H9Cl2NO2/c13-10-4-9(16)5-11(14)12(10)17-7-8-2-1-3-15-6-8/h1-6,16H,7H2. The number of rotatable bonds is 3. The van der Waals surface area contributed by atoms with Gasteiger partial charge in [-0.15, -0.1) is 0 Å². The molecule has 1 aromatic heterocycles. The van der Waals surface area contributed by atoms with Crippen LogP contribution in [-0.2, 0) is 6.61 Å². The minimum absolute atomic E-state index is 0.00808. The third-order valence-electron chi connectivity index (χ3n) is 2.09. The van der Waals surface area contributed by atoms with Crippen molar-refractivity contribution in [2.24, 2.45) is 0 Å². The van der Waals surface area contributed by atoms with Crippen molar-refractivity contribution in [2.45, 2.75) is 6.61 Å². The van der Waals surface area contributed by atoms with Gasteiger partial charge >= 0.3 is 0 Å². The first-order valence-corrected chi connectivity index (χ1v) is 5.62. The molecule has 1 heterocycles. The highest BCUT2D eigenvalue weighted by atomic mass is 35.5. The van der Waals surface area contributed by atoms with Crippen molar-refractivity contribution in [1.29, 1.82) is 0 Å². The maximum Gasteiger partial charge on any atom is 0.157 e. The summed E-state index contributed by atoms with van der Waals surface area (Å²) in [6.07, 6.45) is 3.38. The molecule has 0 fully saturated rings. The number of aromatic hydroxyl groups is 1. The van der Waals surface area contributed by atoms with Gasteiger partial charge in [-0.05, 0) is 6.07 Å². The van der Waals surface area contributed by atoms with E-state index in [4.69, 9.17) is 27.9 Å². The fourth-order valence-electron chi connectivity index (χ4n) is 1.32. The molecule has 0 saturated heterocycles. The molecule has 0 spiro atoms. The zero-order valence-electron chi connectivity index (χ0n) is 8.73. The van der Waals surface area contributed by atoms with Crippen molar-refractivity contribution in [2.75, 3.05) is 0 Å². The minimum Gasteiger partial charge on any atom is -0.508 e. The molecule has 1 aromatic carbocycles. The van der Waals surface area contributed by atoms with Crippen LogP contribution in [0.3, 0.4) is 0 Å². The largest absolute Gasteiger partial charge is 0.508 e. The number of aromatic nitrogens is 1. The summed E-state index contributed by atoms with van der Waals surface area (Å²) in [6, 6.07) is 6.46. The number of hydrogen-bond donors (Lipinski definition) is 1. The summed E-state index contributed by atoms with van der Waals surface area (Å²) < 4.78 is 5.49. The van der Waals surface area contributed by atoms with Crippen molar-refractivity contribution in [3.05, 3.63) is 52.3 Å². The Morgan fingerprint density at radius 1 is 1.24 bits per heavy atom. The van der Waals surface area contributed by atoms with E-state index in [0.29, 0.717) is 12.4 Å². The van der Waals surface area contributed by atoms with Gasteiger partial charge in [-0.3, -0.25) is 4.98 Å². The molecular weight excluding hydrogens is 261 g/mol. The van der Waals surface area contributed by atoms with Crippen molar-refractivity contribution in [3.63, 3.8) is 0 Å². The zero-order valence-corrected chi connectivity index (χ0v) is 10.2. The average Bonchev–Trinajstić information content (AvgIpc) is 2.29.